The number of rotatable bonds is 6. The van der Waals surface area contributed by atoms with Crippen LogP contribution in [0.1, 0.15) is 35.8 Å². The number of amides is 1. The highest BCUT2D eigenvalue weighted by Gasteiger charge is 2.23. The molecule has 1 aliphatic rings. The summed E-state index contributed by atoms with van der Waals surface area (Å²) in [5.41, 5.74) is 1.61. The zero-order chi connectivity index (χ0) is 22.9. The number of hydrogen-bond donors (Lipinski definition) is 1. The average Bonchev–Trinajstić information content (AvgIpc) is 3.55. The van der Waals surface area contributed by atoms with Crippen molar-refractivity contribution >= 4 is 59.9 Å². The minimum atomic E-state index is -0.357. The SMILES string of the molecule is CCc1sc2ncn(CC(=O)Nc3nnc(C4CCCO4)s3)c(=O)c2c1-c1ccc(Br)cc1. The van der Waals surface area contributed by atoms with Crippen molar-refractivity contribution in [2.45, 2.75) is 38.8 Å². The number of nitrogens with zero attached hydrogens (tertiary/aromatic N) is 4. The van der Waals surface area contributed by atoms with Gasteiger partial charge < -0.3 is 4.74 Å². The van der Waals surface area contributed by atoms with Crippen LogP contribution in [-0.2, 0) is 22.5 Å². The molecule has 0 aliphatic carbocycles. The Morgan fingerprint density at radius 1 is 1.27 bits per heavy atom. The molecule has 5 rings (SSSR count). The Morgan fingerprint density at radius 3 is 2.82 bits per heavy atom. The smallest absolute Gasteiger partial charge is 0.263 e. The Kier molecular flexibility index (Phi) is 6.37. The first kappa shape index (κ1) is 22.3. The van der Waals surface area contributed by atoms with E-state index in [2.05, 4.69) is 43.4 Å². The average molecular weight is 546 g/mol. The van der Waals surface area contributed by atoms with Crippen molar-refractivity contribution in [1.82, 2.24) is 19.7 Å². The molecule has 11 heteroatoms. The van der Waals surface area contributed by atoms with Gasteiger partial charge in [-0.05, 0) is 37.0 Å². The van der Waals surface area contributed by atoms with Gasteiger partial charge in [-0.1, -0.05) is 46.3 Å². The first-order chi connectivity index (χ1) is 16.0. The van der Waals surface area contributed by atoms with Crippen LogP contribution < -0.4 is 10.9 Å². The molecule has 4 aromatic rings. The van der Waals surface area contributed by atoms with Gasteiger partial charge in [0.25, 0.3) is 5.56 Å². The fourth-order valence-corrected chi connectivity index (χ4v) is 6.06. The van der Waals surface area contributed by atoms with E-state index in [0.717, 1.165) is 51.4 Å². The molecule has 0 spiro atoms. The van der Waals surface area contributed by atoms with Crippen LogP contribution in [0.5, 0.6) is 0 Å². The normalized spacial score (nSPS) is 15.9. The summed E-state index contributed by atoms with van der Waals surface area (Å²) in [5.74, 6) is -0.357. The third-order valence-electron chi connectivity index (χ3n) is 5.41. The molecule has 1 amide bonds. The lowest BCUT2D eigenvalue weighted by molar-refractivity contribution is -0.116. The lowest BCUT2D eigenvalue weighted by Gasteiger charge is -2.07. The van der Waals surface area contributed by atoms with Gasteiger partial charge in [0.1, 0.15) is 22.5 Å². The van der Waals surface area contributed by atoms with E-state index >= 15 is 0 Å². The lowest BCUT2D eigenvalue weighted by atomic mass is 10.0. The summed E-state index contributed by atoms with van der Waals surface area (Å²) in [6.45, 7) is 2.62. The second kappa shape index (κ2) is 9.41. The maximum absolute atomic E-state index is 13.4. The number of anilines is 1. The zero-order valence-electron chi connectivity index (χ0n) is 17.7. The molecule has 1 aromatic carbocycles. The summed E-state index contributed by atoms with van der Waals surface area (Å²) in [6.07, 6.45) is 4.07. The second-order valence-electron chi connectivity index (χ2n) is 7.61. The van der Waals surface area contributed by atoms with Crippen LogP contribution >= 0.6 is 38.6 Å². The minimum absolute atomic E-state index is 0.0502. The predicted molar refractivity (Wildman–Crippen MR) is 133 cm³/mol. The number of hydrogen-bond acceptors (Lipinski definition) is 8. The Morgan fingerprint density at radius 2 is 2.09 bits per heavy atom. The predicted octanol–water partition coefficient (Wildman–Crippen LogP) is 4.79. The number of thiophene rings is 1. The van der Waals surface area contributed by atoms with E-state index < -0.39 is 0 Å². The molecule has 0 radical (unpaired) electrons. The third-order valence-corrected chi connectivity index (χ3v) is 8.11. The van der Waals surface area contributed by atoms with Crippen molar-refractivity contribution in [3.63, 3.8) is 0 Å². The standard InChI is InChI=1S/C22H20BrN5O3S2/c1-2-15-17(12-5-7-13(23)8-6-12)18-20(32-15)24-11-28(21(18)30)10-16(29)25-22-27-26-19(33-22)14-4-3-9-31-14/h5-8,11,14H,2-4,9-10H2,1H3,(H,25,27,29). The van der Waals surface area contributed by atoms with E-state index in [1.807, 2.05) is 24.3 Å². The van der Waals surface area contributed by atoms with Gasteiger partial charge in [0, 0.05) is 21.5 Å². The first-order valence-corrected chi connectivity index (χ1v) is 13.0. The lowest BCUT2D eigenvalue weighted by Crippen LogP contribution is -2.27. The quantitative estimate of drug-likeness (QED) is 0.374. The summed E-state index contributed by atoms with van der Waals surface area (Å²) in [6, 6.07) is 7.87. The summed E-state index contributed by atoms with van der Waals surface area (Å²) >= 11 is 6.27. The van der Waals surface area contributed by atoms with Gasteiger partial charge in [0.15, 0.2) is 0 Å². The molecule has 1 N–H and O–H groups in total. The molecule has 8 nitrogen and oxygen atoms in total. The van der Waals surface area contributed by atoms with Crippen molar-refractivity contribution < 1.29 is 9.53 Å². The number of ether oxygens (including phenoxy) is 1. The molecule has 3 aromatic heterocycles. The van der Waals surface area contributed by atoms with Crippen molar-refractivity contribution in [3.05, 3.63) is 55.3 Å². The molecule has 1 saturated heterocycles. The van der Waals surface area contributed by atoms with Gasteiger partial charge >= 0.3 is 0 Å². The van der Waals surface area contributed by atoms with E-state index in [-0.39, 0.29) is 24.1 Å². The monoisotopic (exact) mass is 545 g/mol. The second-order valence-corrected chi connectivity index (χ2v) is 10.6. The van der Waals surface area contributed by atoms with Crippen LogP contribution in [0.15, 0.2) is 39.9 Å². The Bertz CT molecular complexity index is 1370. The number of aromatic nitrogens is 4. The highest BCUT2D eigenvalue weighted by Crippen LogP contribution is 2.37. The van der Waals surface area contributed by atoms with Crippen LogP contribution in [0.25, 0.3) is 21.3 Å². The number of fused-ring (bicyclic) bond motifs is 1. The van der Waals surface area contributed by atoms with E-state index in [4.69, 9.17) is 4.74 Å². The molecular formula is C22H20BrN5O3S2. The van der Waals surface area contributed by atoms with Crippen LogP contribution in [0.2, 0.25) is 0 Å². The van der Waals surface area contributed by atoms with Crippen LogP contribution in [0, 0.1) is 0 Å². The molecular weight excluding hydrogens is 526 g/mol. The number of carbonyl (C=O) groups excluding carboxylic acids is 1. The van der Waals surface area contributed by atoms with Crippen LogP contribution in [0.3, 0.4) is 0 Å². The van der Waals surface area contributed by atoms with Gasteiger partial charge in [0.05, 0.1) is 11.7 Å². The summed E-state index contributed by atoms with van der Waals surface area (Å²) < 4.78 is 7.92. The Labute approximate surface area is 205 Å². The topological polar surface area (TPSA) is 99.0 Å². The van der Waals surface area contributed by atoms with Gasteiger partial charge in [0.2, 0.25) is 11.0 Å². The highest BCUT2D eigenvalue weighted by molar-refractivity contribution is 9.10. The maximum Gasteiger partial charge on any atom is 0.263 e. The maximum atomic E-state index is 13.4. The summed E-state index contributed by atoms with van der Waals surface area (Å²) in [5, 5.41) is 12.6. The fourth-order valence-electron chi connectivity index (χ4n) is 3.86. The summed E-state index contributed by atoms with van der Waals surface area (Å²) in [4.78, 5) is 32.3. The van der Waals surface area contributed by atoms with Crippen LogP contribution in [0.4, 0.5) is 5.13 Å². The summed E-state index contributed by atoms with van der Waals surface area (Å²) in [7, 11) is 0. The molecule has 0 saturated carbocycles. The zero-order valence-corrected chi connectivity index (χ0v) is 20.9. The number of halogens is 1. The van der Waals surface area contributed by atoms with Crippen molar-refractivity contribution in [2.24, 2.45) is 0 Å². The first-order valence-electron chi connectivity index (χ1n) is 10.5. The van der Waals surface area contributed by atoms with Gasteiger partial charge in [-0.2, -0.15) is 0 Å². The number of nitrogens with one attached hydrogen (secondary N) is 1. The molecule has 1 aliphatic heterocycles. The Balaban J connectivity index is 1.42. The number of carbonyl (C=O) groups is 1. The van der Waals surface area contributed by atoms with Gasteiger partial charge in [-0.25, -0.2) is 4.98 Å². The van der Waals surface area contributed by atoms with Crippen LogP contribution in [-0.4, -0.2) is 32.3 Å². The molecule has 0 bridgehead atoms. The van der Waals surface area contributed by atoms with E-state index in [1.54, 1.807) is 0 Å². The molecule has 4 heterocycles. The van der Waals surface area contributed by atoms with Gasteiger partial charge in [-0.15, -0.1) is 21.5 Å². The van der Waals surface area contributed by atoms with Crippen molar-refractivity contribution in [3.8, 4) is 11.1 Å². The molecule has 1 unspecified atom stereocenters. The molecule has 33 heavy (non-hydrogen) atoms. The van der Waals surface area contributed by atoms with E-state index in [0.29, 0.717) is 15.3 Å². The van der Waals surface area contributed by atoms with E-state index in [1.165, 1.54) is 33.6 Å². The van der Waals surface area contributed by atoms with Crippen molar-refractivity contribution in [2.75, 3.05) is 11.9 Å². The largest absolute Gasteiger partial charge is 0.371 e. The van der Waals surface area contributed by atoms with E-state index in [9.17, 15) is 9.59 Å². The van der Waals surface area contributed by atoms with Gasteiger partial charge in [-0.3, -0.25) is 19.5 Å². The highest BCUT2D eigenvalue weighted by atomic mass is 79.9. The minimum Gasteiger partial charge on any atom is -0.371 e. The molecule has 1 fully saturated rings. The fraction of sp³-hybridized carbons (Fsp3) is 0.318. The third kappa shape index (κ3) is 4.50. The Hall–Kier alpha value is -2.47. The number of benzene rings is 1. The molecule has 170 valence electrons. The molecule has 1 atom stereocenters. The number of aryl methyl sites for hydroxylation is 1. The van der Waals surface area contributed by atoms with Crippen molar-refractivity contribution in [1.29, 1.82) is 0 Å².